The zero-order chi connectivity index (χ0) is 10.1. The van der Waals surface area contributed by atoms with Crippen molar-refractivity contribution in [3.8, 4) is 0 Å². The van der Waals surface area contributed by atoms with Gasteiger partial charge in [-0.3, -0.25) is 10.2 Å². The number of hydrogen-bond donors (Lipinski definition) is 2. The van der Waals surface area contributed by atoms with Gasteiger partial charge in [-0.25, -0.2) is 10.6 Å². The molecule has 1 heterocycles. The minimum absolute atomic E-state index is 0.418. The highest BCUT2D eigenvalue weighted by Crippen LogP contribution is 2.29. The number of benzene rings is 1. The smallest absolute Gasteiger partial charge is 0.339 e. The number of carbonyl (C=O) groups excluding carboxylic acids is 2. The van der Waals surface area contributed by atoms with Crippen molar-refractivity contribution < 1.29 is 14.3 Å². The Morgan fingerprint density at radius 2 is 2.14 bits per heavy atom. The summed E-state index contributed by atoms with van der Waals surface area (Å²) in [5.74, 6) is 3.95. The lowest BCUT2D eigenvalue weighted by Gasteiger charge is -2.07. The highest BCUT2D eigenvalue weighted by Gasteiger charge is 2.35. The van der Waals surface area contributed by atoms with Crippen molar-refractivity contribution in [2.45, 2.75) is 6.10 Å². The van der Waals surface area contributed by atoms with E-state index in [2.05, 4.69) is 0 Å². The summed E-state index contributed by atoms with van der Waals surface area (Å²) in [6.45, 7) is 0. The average molecular weight is 192 g/mol. The number of carbonyl (C=O) groups is 2. The Hall–Kier alpha value is -1.88. The van der Waals surface area contributed by atoms with Crippen molar-refractivity contribution in [1.29, 1.82) is 0 Å². The Balaban J connectivity index is 2.44. The Kier molecular flexibility index (Phi) is 1.94. The van der Waals surface area contributed by atoms with E-state index in [0.29, 0.717) is 11.1 Å². The third-order valence-corrected chi connectivity index (χ3v) is 2.07. The standard InChI is InChI=1S/C9H8N2O3/c10-11-8(12)7-5-3-1-2-4-6(5)9(13)14-7/h1-4,7H,10H2,(H,11,12). The van der Waals surface area contributed by atoms with Gasteiger partial charge in [0.2, 0.25) is 6.10 Å². The largest absolute Gasteiger partial charge is 0.444 e. The van der Waals surface area contributed by atoms with E-state index in [0.717, 1.165) is 0 Å². The molecule has 0 aliphatic carbocycles. The summed E-state index contributed by atoms with van der Waals surface area (Å²) in [4.78, 5) is 22.5. The number of fused-ring (bicyclic) bond motifs is 1. The van der Waals surface area contributed by atoms with Crippen LogP contribution in [0.2, 0.25) is 0 Å². The third kappa shape index (κ3) is 1.14. The quantitative estimate of drug-likeness (QED) is 0.281. The molecule has 0 aromatic heterocycles. The fraction of sp³-hybridized carbons (Fsp3) is 0.111. The van der Waals surface area contributed by atoms with Crippen LogP contribution < -0.4 is 11.3 Å². The molecule has 1 aromatic carbocycles. The van der Waals surface area contributed by atoms with Crippen LogP contribution in [0.3, 0.4) is 0 Å². The van der Waals surface area contributed by atoms with E-state index in [-0.39, 0.29) is 0 Å². The molecule has 2 rings (SSSR count). The maximum absolute atomic E-state index is 11.3. The van der Waals surface area contributed by atoms with E-state index in [1.54, 1.807) is 24.3 Å². The number of rotatable bonds is 1. The topological polar surface area (TPSA) is 81.4 Å². The van der Waals surface area contributed by atoms with Gasteiger partial charge in [-0.15, -0.1) is 0 Å². The summed E-state index contributed by atoms with van der Waals surface area (Å²) in [5, 5.41) is 0. The maximum atomic E-state index is 11.3. The molecule has 0 saturated heterocycles. The second-order valence-corrected chi connectivity index (χ2v) is 2.88. The lowest BCUT2D eigenvalue weighted by atomic mass is 10.1. The van der Waals surface area contributed by atoms with Gasteiger partial charge in [-0.2, -0.15) is 0 Å². The molecule has 0 spiro atoms. The van der Waals surface area contributed by atoms with Crippen LogP contribution in [0.25, 0.3) is 0 Å². The molecule has 5 nitrogen and oxygen atoms in total. The number of cyclic esters (lactones) is 1. The fourth-order valence-corrected chi connectivity index (χ4v) is 1.42. The summed E-state index contributed by atoms with van der Waals surface area (Å²) >= 11 is 0. The van der Waals surface area contributed by atoms with E-state index in [9.17, 15) is 9.59 Å². The molecule has 0 bridgehead atoms. The van der Waals surface area contributed by atoms with Crippen molar-refractivity contribution in [1.82, 2.24) is 5.43 Å². The Morgan fingerprint density at radius 1 is 1.43 bits per heavy atom. The van der Waals surface area contributed by atoms with Crippen LogP contribution in [-0.4, -0.2) is 11.9 Å². The van der Waals surface area contributed by atoms with Gasteiger partial charge in [0, 0.05) is 5.56 Å². The second kappa shape index (κ2) is 3.12. The predicted octanol–water partition coefficient (Wildman–Crippen LogP) is -0.112. The zero-order valence-electron chi connectivity index (χ0n) is 7.19. The van der Waals surface area contributed by atoms with E-state index >= 15 is 0 Å². The van der Waals surface area contributed by atoms with Crippen LogP contribution in [0.4, 0.5) is 0 Å². The van der Waals surface area contributed by atoms with Crippen molar-refractivity contribution in [2.75, 3.05) is 0 Å². The molecule has 1 aliphatic rings. The number of nitrogens with one attached hydrogen (secondary N) is 1. The minimum Gasteiger partial charge on any atom is -0.444 e. The molecule has 72 valence electrons. The van der Waals surface area contributed by atoms with Crippen molar-refractivity contribution in [3.63, 3.8) is 0 Å². The third-order valence-electron chi connectivity index (χ3n) is 2.07. The van der Waals surface area contributed by atoms with Crippen LogP contribution in [0.5, 0.6) is 0 Å². The number of nitrogens with two attached hydrogens (primary N) is 1. The maximum Gasteiger partial charge on any atom is 0.339 e. The molecule has 0 radical (unpaired) electrons. The molecule has 1 unspecified atom stereocenters. The van der Waals surface area contributed by atoms with Gasteiger partial charge in [-0.1, -0.05) is 18.2 Å². The average Bonchev–Trinajstić information content (AvgIpc) is 2.56. The summed E-state index contributed by atoms with van der Waals surface area (Å²) in [6, 6.07) is 6.72. The van der Waals surface area contributed by atoms with Crippen LogP contribution in [0.15, 0.2) is 24.3 Å². The Labute approximate surface area is 79.8 Å². The number of esters is 1. The Bertz CT molecular complexity index is 403. The molecule has 3 N–H and O–H groups in total. The number of amides is 1. The van der Waals surface area contributed by atoms with Gasteiger partial charge in [0.25, 0.3) is 5.91 Å². The predicted molar refractivity (Wildman–Crippen MR) is 46.9 cm³/mol. The Morgan fingerprint density at radius 3 is 2.86 bits per heavy atom. The van der Waals surface area contributed by atoms with E-state index in [1.807, 2.05) is 5.43 Å². The molecular formula is C9H8N2O3. The van der Waals surface area contributed by atoms with Crippen molar-refractivity contribution in [2.24, 2.45) is 5.84 Å². The normalized spacial score (nSPS) is 18.6. The van der Waals surface area contributed by atoms with Gasteiger partial charge >= 0.3 is 5.97 Å². The SMILES string of the molecule is NNC(=O)C1OC(=O)c2ccccc21. The summed E-state index contributed by atoms with van der Waals surface area (Å²) in [5.41, 5.74) is 2.93. The van der Waals surface area contributed by atoms with Gasteiger partial charge in [0.1, 0.15) is 0 Å². The molecule has 1 aromatic rings. The monoisotopic (exact) mass is 192 g/mol. The fourth-order valence-electron chi connectivity index (χ4n) is 1.42. The molecule has 1 amide bonds. The van der Waals surface area contributed by atoms with Crippen LogP contribution in [-0.2, 0) is 9.53 Å². The van der Waals surface area contributed by atoms with E-state index in [4.69, 9.17) is 10.6 Å². The van der Waals surface area contributed by atoms with Crippen LogP contribution >= 0.6 is 0 Å². The van der Waals surface area contributed by atoms with E-state index in [1.165, 1.54) is 0 Å². The van der Waals surface area contributed by atoms with Gasteiger partial charge < -0.3 is 4.74 Å². The first-order chi connectivity index (χ1) is 6.74. The number of ether oxygens (including phenoxy) is 1. The lowest BCUT2D eigenvalue weighted by Crippen LogP contribution is -2.34. The first-order valence-electron chi connectivity index (χ1n) is 4.04. The van der Waals surface area contributed by atoms with Gasteiger partial charge in [0.15, 0.2) is 0 Å². The lowest BCUT2D eigenvalue weighted by molar-refractivity contribution is -0.129. The van der Waals surface area contributed by atoms with Gasteiger partial charge in [-0.05, 0) is 6.07 Å². The summed E-state index contributed by atoms with van der Waals surface area (Å²) in [6.07, 6.45) is -0.913. The number of hydrazine groups is 1. The number of hydrogen-bond acceptors (Lipinski definition) is 4. The second-order valence-electron chi connectivity index (χ2n) is 2.88. The molecule has 0 fully saturated rings. The highest BCUT2D eigenvalue weighted by atomic mass is 16.6. The van der Waals surface area contributed by atoms with Crippen LogP contribution in [0, 0.1) is 0 Å². The molecule has 5 heteroatoms. The molecule has 1 atom stereocenters. The summed E-state index contributed by atoms with van der Waals surface area (Å²) in [7, 11) is 0. The molecule has 14 heavy (non-hydrogen) atoms. The summed E-state index contributed by atoms with van der Waals surface area (Å²) < 4.78 is 4.85. The first-order valence-corrected chi connectivity index (χ1v) is 4.04. The van der Waals surface area contributed by atoms with Crippen molar-refractivity contribution >= 4 is 11.9 Å². The highest BCUT2D eigenvalue weighted by molar-refractivity contribution is 5.99. The minimum atomic E-state index is -0.913. The van der Waals surface area contributed by atoms with E-state index < -0.39 is 18.0 Å². The van der Waals surface area contributed by atoms with Gasteiger partial charge in [0.05, 0.1) is 5.56 Å². The molecular weight excluding hydrogens is 184 g/mol. The first kappa shape index (κ1) is 8.71. The molecule has 1 aliphatic heterocycles. The van der Waals surface area contributed by atoms with Crippen molar-refractivity contribution in [3.05, 3.63) is 35.4 Å². The van der Waals surface area contributed by atoms with Crippen LogP contribution in [0.1, 0.15) is 22.0 Å². The molecule has 0 saturated carbocycles. The zero-order valence-corrected chi connectivity index (χ0v) is 7.19.